The number of rotatable bonds is 3. The highest BCUT2D eigenvalue weighted by atomic mass is 16.5. The number of anilines is 2. The van der Waals surface area contributed by atoms with Gasteiger partial charge in [0.25, 0.3) is 11.8 Å². The third-order valence-electron chi connectivity index (χ3n) is 7.43. The number of carbonyl (C=O) groups excluding carboxylic acids is 3. The van der Waals surface area contributed by atoms with E-state index in [0.717, 1.165) is 11.1 Å². The molecule has 1 spiro atoms. The van der Waals surface area contributed by atoms with Crippen LogP contribution in [0.1, 0.15) is 37.4 Å². The van der Waals surface area contributed by atoms with Crippen LogP contribution < -0.4 is 10.3 Å². The van der Waals surface area contributed by atoms with Gasteiger partial charge in [0.1, 0.15) is 11.1 Å². The highest BCUT2D eigenvalue weighted by Crippen LogP contribution is 2.51. The van der Waals surface area contributed by atoms with Gasteiger partial charge >= 0.3 is 5.97 Å². The molecular weight excluding hydrogens is 496 g/mol. The molecule has 8 nitrogen and oxygen atoms in total. The first kappa shape index (κ1) is 24.4. The second kappa shape index (κ2) is 8.80. The molecule has 2 amide bonds. The average molecular weight is 521 g/mol. The normalized spacial score (nSPS) is 17.8. The molecule has 0 fully saturated rings. The molecule has 0 radical (unpaired) electrons. The summed E-state index contributed by atoms with van der Waals surface area (Å²) < 4.78 is 11.0. The van der Waals surface area contributed by atoms with Gasteiger partial charge in [-0.25, -0.2) is 9.69 Å². The first-order valence-corrected chi connectivity index (χ1v) is 12.4. The van der Waals surface area contributed by atoms with E-state index in [0.29, 0.717) is 22.2 Å². The minimum atomic E-state index is -1.70. The standard InChI is InChI=1S/C31H24N2O6/c1-18-8-6-9-19(2)25(18)33-28-24(26(34)22-10-4-5-11-23(22)39-28)31(30(33)37)16-7-17-32(31)27(35)20-12-14-21(15-13-20)29(36)38-3/h4-16H,17H2,1-3H3. The van der Waals surface area contributed by atoms with Crippen LogP contribution in [0, 0.1) is 13.8 Å². The van der Waals surface area contributed by atoms with Gasteiger partial charge in [0.15, 0.2) is 5.54 Å². The zero-order valence-corrected chi connectivity index (χ0v) is 21.6. The molecule has 3 aromatic carbocycles. The van der Waals surface area contributed by atoms with Crippen molar-refractivity contribution in [3.05, 3.63) is 117 Å². The van der Waals surface area contributed by atoms with E-state index in [-0.39, 0.29) is 29.0 Å². The highest BCUT2D eigenvalue weighted by molar-refractivity contribution is 6.16. The maximum absolute atomic E-state index is 14.6. The van der Waals surface area contributed by atoms with Gasteiger partial charge in [-0.3, -0.25) is 14.4 Å². The molecule has 194 valence electrons. The van der Waals surface area contributed by atoms with Gasteiger partial charge in [0.2, 0.25) is 11.3 Å². The van der Waals surface area contributed by atoms with Gasteiger partial charge < -0.3 is 14.1 Å². The monoisotopic (exact) mass is 520 g/mol. The zero-order chi connectivity index (χ0) is 27.5. The zero-order valence-electron chi connectivity index (χ0n) is 21.6. The first-order chi connectivity index (χ1) is 18.8. The van der Waals surface area contributed by atoms with Crippen LogP contribution in [-0.2, 0) is 15.1 Å². The molecule has 1 atom stereocenters. The van der Waals surface area contributed by atoms with Crippen molar-refractivity contribution < 1.29 is 23.5 Å². The molecule has 4 aromatic rings. The minimum absolute atomic E-state index is 0.0992. The highest BCUT2D eigenvalue weighted by Gasteiger charge is 2.60. The van der Waals surface area contributed by atoms with Crippen LogP contribution >= 0.6 is 0 Å². The Bertz CT molecular complexity index is 1770. The summed E-state index contributed by atoms with van der Waals surface area (Å²) in [6.07, 6.45) is 3.33. The Labute approximate surface area is 223 Å². The molecule has 2 aliphatic rings. The Morgan fingerprint density at radius 3 is 2.26 bits per heavy atom. The molecule has 3 heterocycles. The molecule has 1 unspecified atom stereocenters. The summed E-state index contributed by atoms with van der Waals surface area (Å²) in [5.41, 5.74) is 1.17. The second-order valence-electron chi connectivity index (χ2n) is 9.64. The summed E-state index contributed by atoms with van der Waals surface area (Å²) in [7, 11) is 1.28. The Balaban J connectivity index is 1.58. The fraction of sp³-hybridized carbons (Fsp3) is 0.161. The molecule has 6 rings (SSSR count). The third kappa shape index (κ3) is 3.38. The topological polar surface area (TPSA) is 97.1 Å². The number of methoxy groups -OCH3 is 1. The summed E-state index contributed by atoms with van der Waals surface area (Å²) in [4.78, 5) is 57.3. The Morgan fingerprint density at radius 1 is 0.897 bits per heavy atom. The SMILES string of the molecule is COC(=O)c1ccc(C(=O)N2CC=CC23C(=O)N(c2c(C)cccc2C)c2oc4ccccc4c(=O)c23)cc1. The number of benzene rings is 3. The number of carbonyl (C=O) groups is 3. The smallest absolute Gasteiger partial charge is 0.337 e. The summed E-state index contributed by atoms with van der Waals surface area (Å²) >= 11 is 0. The molecule has 0 bridgehead atoms. The van der Waals surface area contributed by atoms with Gasteiger partial charge in [0, 0.05) is 12.1 Å². The Kier molecular flexibility index (Phi) is 5.50. The lowest BCUT2D eigenvalue weighted by atomic mass is 9.90. The van der Waals surface area contributed by atoms with Crippen molar-refractivity contribution >= 4 is 40.3 Å². The van der Waals surface area contributed by atoms with Crippen LogP contribution in [0.25, 0.3) is 11.0 Å². The number of ether oxygens (including phenoxy) is 1. The first-order valence-electron chi connectivity index (χ1n) is 12.4. The number of amides is 2. The van der Waals surface area contributed by atoms with Crippen LogP contribution in [0.15, 0.2) is 88.1 Å². The van der Waals surface area contributed by atoms with Crippen LogP contribution in [-0.4, -0.2) is 36.3 Å². The van der Waals surface area contributed by atoms with Gasteiger partial charge in [-0.1, -0.05) is 36.4 Å². The fourth-order valence-electron chi connectivity index (χ4n) is 5.59. The van der Waals surface area contributed by atoms with E-state index < -0.39 is 23.3 Å². The predicted molar refractivity (Wildman–Crippen MR) is 145 cm³/mol. The fourth-order valence-corrected chi connectivity index (χ4v) is 5.59. The minimum Gasteiger partial charge on any atom is -0.465 e. The summed E-state index contributed by atoms with van der Waals surface area (Å²) in [6.45, 7) is 3.88. The Morgan fingerprint density at radius 2 is 1.56 bits per heavy atom. The lowest BCUT2D eigenvalue weighted by molar-refractivity contribution is -0.124. The molecule has 0 N–H and O–H groups in total. The molecule has 39 heavy (non-hydrogen) atoms. The van der Waals surface area contributed by atoms with Crippen LogP contribution in [0.3, 0.4) is 0 Å². The summed E-state index contributed by atoms with van der Waals surface area (Å²) in [6, 6.07) is 18.5. The van der Waals surface area contributed by atoms with Gasteiger partial charge in [0.05, 0.1) is 23.7 Å². The van der Waals surface area contributed by atoms with Crippen LogP contribution in [0.4, 0.5) is 11.6 Å². The Hall–Kier alpha value is -4.98. The van der Waals surface area contributed by atoms with Crippen molar-refractivity contribution in [2.75, 3.05) is 18.6 Å². The molecule has 0 aliphatic carbocycles. The van der Waals surface area contributed by atoms with Gasteiger partial charge in [-0.05, 0) is 67.4 Å². The maximum Gasteiger partial charge on any atom is 0.337 e. The lowest BCUT2D eigenvalue weighted by Crippen LogP contribution is -2.52. The third-order valence-corrected chi connectivity index (χ3v) is 7.43. The van der Waals surface area contributed by atoms with E-state index in [2.05, 4.69) is 0 Å². The van der Waals surface area contributed by atoms with E-state index in [1.54, 1.807) is 36.4 Å². The quantitative estimate of drug-likeness (QED) is 0.285. The molecule has 8 heteroatoms. The van der Waals surface area contributed by atoms with E-state index in [9.17, 15) is 19.2 Å². The van der Waals surface area contributed by atoms with Crippen molar-refractivity contribution in [3.8, 4) is 0 Å². The van der Waals surface area contributed by atoms with Crippen molar-refractivity contribution in [1.82, 2.24) is 4.90 Å². The van der Waals surface area contributed by atoms with Crippen molar-refractivity contribution in [1.29, 1.82) is 0 Å². The number of hydrogen-bond acceptors (Lipinski definition) is 6. The number of fused-ring (bicyclic) bond motifs is 3. The van der Waals surface area contributed by atoms with E-state index in [4.69, 9.17) is 9.15 Å². The number of nitrogens with zero attached hydrogens (tertiary/aromatic N) is 2. The van der Waals surface area contributed by atoms with Crippen LogP contribution in [0.5, 0.6) is 0 Å². The lowest BCUT2D eigenvalue weighted by Gasteiger charge is -2.33. The van der Waals surface area contributed by atoms with Gasteiger partial charge in [-0.2, -0.15) is 0 Å². The number of aryl methyl sites for hydroxylation is 2. The molecule has 0 saturated heterocycles. The van der Waals surface area contributed by atoms with Crippen LogP contribution in [0.2, 0.25) is 0 Å². The molecule has 1 aromatic heterocycles. The molecular formula is C31H24N2O6. The predicted octanol–water partition coefficient (Wildman–Crippen LogP) is 4.78. The summed E-state index contributed by atoms with van der Waals surface area (Å²) in [5, 5.41) is 0.321. The number of hydrogen-bond donors (Lipinski definition) is 0. The molecule has 2 aliphatic heterocycles. The van der Waals surface area contributed by atoms with E-state index in [1.165, 1.54) is 41.2 Å². The number of para-hydroxylation sites is 2. The second-order valence-corrected chi connectivity index (χ2v) is 9.64. The largest absolute Gasteiger partial charge is 0.465 e. The van der Waals surface area contributed by atoms with E-state index >= 15 is 0 Å². The van der Waals surface area contributed by atoms with E-state index in [1.807, 2.05) is 32.0 Å². The van der Waals surface area contributed by atoms with Crippen molar-refractivity contribution in [2.45, 2.75) is 19.4 Å². The van der Waals surface area contributed by atoms with Crippen molar-refractivity contribution in [3.63, 3.8) is 0 Å². The maximum atomic E-state index is 14.6. The summed E-state index contributed by atoms with van der Waals surface area (Å²) in [5.74, 6) is -1.36. The van der Waals surface area contributed by atoms with Crippen molar-refractivity contribution in [2.24, 2.45) is 0 Å². The molecule has 0 saturated carbocycles. The average Bonchev–Trinajstić information content (AvgIpc) is 3.48. The number of esters is 1. The van der Waals surface area contributed by atoms with Gasteiger partial charge in [-0.15, -0.1) is 0 Å².